The maximum absolute atomic E-state index is 10.5. The maximum atomic E-state index is 10.5. The molecule has 1 aromatic carbocycles. The van der Waals surface area contributed by atoms with E-state index in [2.05, 4.69) is 5.38 Å². The van der Waals surface area contributed by atoms with E-state index in [1.165, 1.54) is 17.4 Å². The highest BCUT2D eigenvalue weighted by Crippen LogP contribution is 2.28. The monoisotopic (exact) mass is 178 g/mol. The van der Waals surface area contributed by atoms with Crippen molar-refractivity contribution in [3.8, 4) is 0 Å². The van der Waals surface area contributed by atoms with Gasteiger partial charge >= 0.3 is 0 Å². The van der Waals surface area contributed by atoms with Crippen molar-refractivity contribution in [2.45, 2.75) is 0 Å². The highest BCUT2D eigenvalue weighted by molar-refractivity contribution is 7.16. The Balaban J connectivity index is 2.82. The second-order valence-electron chi connectivity index (χ2n) is 2.31. The Morgan fingerprint density at radius 3 is 3.08 bits per heavy atom. The predicted octanol–water partition coefficient (Wildman–Crippen LogP) is 2.61. The quantitative estimate of drug-likeness (QED) is 0.497. The number of nitro benzene ring substituents is 1. The molecule has 3 nitrogen and oxygen atoms in total. The van der Waals surface area contributed by atoms with Crippen LogP contribution in [0.4, 0.5) is 5.69 Å². The molecule has 0 saturated carbocycles. The fourth-order valence-electron chi connectivity index (χ4n) is 1.08. The number of rotatable bonds is 1. The minimum atomic E-state index is -0.372. The van der Waals surface area contributed by atoms with Gasteiger partial charge in [0.25, 0.3) is 5.69 Å². The molecule has 0 aliphatic rings. The molecule has 0 fully saturated rings. The predicted molar refractivity (Wildman–Crippen MR) is 47.3 cm³/mol. The molecule has 0 spiro atoms. The summed E-state index contributed by atoms with van der Waals surface area (Å²) in [7, 11) is 0. The van der Waals surface area contributed by atoms with E-state index in [1.54, 1.807) is 12.1 Å². The third kappa shape index (κ3) is 0.967. The van der Waals surface area contributed by atoms with Crippen molar-refractivity contribution >= 4 is 27.1 Å². The minimum absolute atomic E-state index is 0.157. The SMILES string of the molecule is O=[N+]([O-])c1cccc2s[c]cc12. The van der Waals surface area contributed by atoms with Gasteiger partial charge in [0.15, 0.2) is 0 Å². The van der Waals surface area contributed by atoms with Crippen molar-refractivity contribution in [3.63, 3.8) is 0 Å². The number of benzene rings is 1. The van der Waals surface area contributed by atoms with E-state index in [-0.39, 0.29) is 10.6 Å². The molecule has 0 aliphatic heterocycles. The number of nitro groups is 1. The number of non-ortho nitro benzene ring substituents is 1. The van der Waals surface area contributed by atoms with E-state index >= 15 is 0 Å². The van der Waals surface area contributed by atoms with Crippen molar-refractivity contribution in [1.29, 1.82) is 0 Å². The third-order valence-electron chi connectivity index (χ3n) is 1.61. The zero-order valence-electron chi connectivity index (χ0n) is 5.98. The second kappa shape index (κ2) is 2.57. The zero-order valence-corrected chi connectivity index (χ0v) is 6.80. The molecule has 0 amide bonds. The average Bonchev–Trinajstić information content (AvgIpc) is 2.49. The minimum Gasteiger partial charge on any atom is -0.258 e. The summed E-state index contributed by atoms with van der Waals surface area (Å²) < 4.78 is 0.907. The highest BCUT2D eigenvalue weighted by Gasteiger charge is 2.10. The molecule has 1 heterocycles. The molecule has 12 heavy (non-hydrogen) atoms. The van der Waals surface area contributed by atoms with Gasteiger partial charge in [-0.3, -0.25) is 10.1 Å². The fraction of sp³-hybridized carbons (Fsp3) is 0. The van der Waals surface area contributed by atoms with Crippen LogP contribution in [0.15, 0.2) is 24.3 Å². The first-order valence-corrected chi connectivity index (χ1v) is 4.13. The van der Waals surface area contributed by atoms with Gasteiger partial charge in [-0.15, -0.1) is 11.3 Å². The summed E-state index contributed by atoms with van der Waals surface area (Å²) in [4.78, 5) is 10.1. The largest absolute Gasteiger partial charge is 0.278 e. The lowest BCUT2D eigenvalue weighted by Crippen LogP contribution is -1.86. The van der Waals surface area contributed by atoms with Crippen LogP contribution in [0.25, 0.3) is 10.1 Å². The standard InChI is InChI=1S/C8H4NO2S/c10-9(11)7-2-1-3-8-6(7)4-5-12-8/h1-4H. The Hall–Kier alpha value is -1.42. The molecule has 2 rings (SSSR count). The van der Waals surface area contributed by atoms with E-state index in [0.717, 1.165) is 4.70 Å². The first-order valence-electron chi connectivity index (χ1n) is 3.32. The van der Waals surface area contributed by atoms with Gasteiger partial charge in [-0.1, -0.05) is 6.07 Å². The highest BCUT2D eigenvalue weighted by atomic mass is 32.1. The third-order valence-corrected chi connectivity index (χ3v) is 2.42. The van der Waals surface area contributed by atoms with Gasteiger partial charge in [0.1, 0.15) is 0 Å². The summed E-state index contributed by atoms with van der Waals surface area (Å²) in [6, 6.07) is 6.69. The Morgan fingerprint density at radius 2 is 2.33 bits per heavy atom. The van der Waals surface area contributed by atoms with E-state index in [9.17, 15) is 10.1 Å². The van der Waals surface area contributed by atoms with Crippen LogP contribution in [-0.4, -0.2) is 4.92 Å². The number of thiophene rings is 1. The van der Waals surface area contributed by atoms with Crippen LogP contribution >= 0.6 is 11.3 Å². The van der Waals surface area contributed by atoms with Crippen LogP contribution in [0.5, 0.6) is 0 Å². The zero-order chi connectivity index (χ0) is 8.55. The lowest BCUT2D eigenvalue weighted by Gasteiger charge is -1.91. The molecular weight excluding hydrogens is 174 g/mol. The molecule has 1 radical (unpaired) electrons. The van der Waals surface area contributed by atoms with Crippen molar-refractivity contribution in [2.24, 2.45) is 0 Å². The second-order valence-corrected chi connectivity index (χ2v) is 3.19. The molecule has 0 saturated heterocycles. The van der Waals surface area contributed by atoms with Gasteiger partial charge in [0.05, 0.1) is 10.3 Å². The molecule has 4 heteroatoms. The Morgan fingerprint density at radius 1 is 1.50 bits per heavy atom. The Labute approximate surface area is 72.4 Å². The van der Waals surface area contributed by atoms with Crippen LogP contribution in [0.1, 0.15) is 0 Å². The average molecular weight is 178 g/mol. The number of hydrogen-bond donors (Lipinski definition) is 0. The molecule has 0 aliphatic carbocycles. The van der Waals surface area contributed by atoms with Crippen LogP contribution in [0.2, 0.25) is 0 Å². The fourth-order valence-corrected chi connectivity index (χ4v) is 1.80. The van der Waals surface area contributed by atoms with Gasteiger partial charge in [-0.2, -0.15) is 0 Å². The molecule has 0 N–H and O–H groups in total. The van der Waals surface area contributed by atoms with E-state index in [1.807, 2.05) is 6.07 Å². The molecule has 1 aromatic heterocycles. The van der Waals surface area contributed by atoms with Gasteiger partial charge in [-0.25, -0.2) is 0 Å². The maximum Gasteiger partial charge on any atom is 0.278 e. The summed E-state index contributed by atoms with van der Waals surface area (Å²) in [6.45, 7) is 0. The molecule has 2 aromatic rings. The van der Waals surface area contributed by atoms with Crippen LogP contribution in [-0.2, 0) is 0 Å². The Kier molecular flexibility index (Phi) is 1.55. The molecule has 59 valence electrons. The normalized spacial score (nSPS) is 10.3. The summed E-state index contributed by atoms with van der Waals surface area (Å²) in [5, 5.41) is 14.1. The number of fused-ring (bicyclic) bond motifs is 1. The van der Waals surface area contributed by atoms with Gasteiger partial charge in [0.2, 0.25) is 0 Å². The number of nitrogens with zero attached hydrogens (tertiary/aromatic N) is 1. The smallest absolute Gasteiger partial charge is 0.258 e. The van der Waals surface area contributed by atoms with E-state index in [4.69, 9.17) is 0 Å². The van der Waals surface area contributed by atoms with Crippen molar-refractivity contribution < 1.29 is 4.92 Å². The van der Waals surface area contributed by atoms with Crippen LogP contribution in [0, 0.1) is 15.5 Å². The van der Waals surface area contributed by atoms with Crippen LogP contribution < -0.4 is 0 Å². The van der Waals surface area contributed by atoms with E-state index < -0.39 is 0 Å². The molecule has 0 atom stereocenters. The molecule has 0 unspecified atom stereocenters. The van der Waals surface area contributed by atoms with Gasteiger partial charge in [0, 0.05) is 16.1 Å². The molecular formula is C8H4NO2S. The lowest BCUT2D eigenvalue weighted by atomic mass is 10.2. The number of hydrogen-bond acceptors (Lipinski definition) is 3. The topological polar surface area (TPSA) is 43.1 Å². The Bertz CT molecular complexity index is 435. The van der Waals surface area contributed by atoms with Crippen molar-refractivity contribution in [1.82, 2.24) is 0 Å². The molecule has 0 bridgehead atoms. The first-order chi connectivity index (χ1) is 5.79. The van der Waals surface area contributed by atoms with Crippen LogP contribution in [0.3, 0.4) is 0 Å². The lowest BCUT2D eigenvalue weighted by molar-refractivity contribution is -0.383. The van der Waals surface area contributed by atoms with Gasteiger partial charge < -0.3 is 0 Å². The summed E-state index contributed by atoms with van der Waals surface area (Å²) in [6.07, 6.45) is 0. The summed E-state index contributed by atoms with van der Waals surface area (Å²) in [5.74, 6) is 0. The first kappa shape index (κ1) is 7.24. The van der Waals surface area contributed by atoms with Gasteiger partial charge in [-0.05, 0) is 12.1 Å². The summed E-state index contributed by atoms with van der Waals surface area (Å²) >= 11 is 1.39. The van der Waals surface area contributed by atoms with E-state index in [0.29, 0.717) is 5.39 Å². The summed E-state index contributed by atoms with van der Waals surface area (Å²) in [5.41, 5.74) is 0.157. The van der Waals surface area contributed by atoms with Crippen molar-refractivity contribution in [3.05, 3.63) is 39.8 Å². The van der Waals surface area contributed by atoms with Crippen molar-refractivity contribution in [2.75, 3.05) is 0 Å².